The first kappa shape index (κ1) is 17.0. The van der Waals surface area contributed by atoms with Gasteiger partial charge in [0, 0.05) is 17.9 Å². The molecule has 6 heteroatoms. The van der Waals surface area contributed by atoms with Crippen molar-refractivity contribution in [3.8, 4) is 0 Å². The van der Waals surface area contributed by atoms with E-state index in [1.54, 1.807) is 12.1 Å². The van der Waals surface area contributed by atoms with Gasteiger partial charge in [0.2, 0.25) is 0 Å². The Hall–Kier alpha value is -1.43. The standard InChI is InChI=1S/C19H21ClO5/c1-11-9-13(20)10-12(2)14(11)15-16(21)18(25-17(15)22)3-5-19(6-4-18)23-7-8-24-19/h9-10,15H,3-8H2,1-2H3. The smallest absolute Gasteiger partial charge is 0.322 e. The van der Waals surface area contributed by atoms with Gasteiger partial charge in [0.1, 0.15) is 5.92 Å². The Bertz CT molecular complexity index is 717. The van der Waals surface area contributed by atoms with Gasteiger partial charge in [-0.15, -0.1) is 0 Å². The second-order valence-corrected chi connectivity index (χ2v) is 7.71. The fourth-order valence-corrected chi connectivity index (χ4v) is 4.79. The lowest BCUT2D eigenvalue weighted by Crippen LogP contribution is -2.47. The van der Waals surface area contributed by atoms with Crippen LogP contribution in [-0.2, 0) is 23.8 Å². The second kappa shape index (κ2) is 5.79. The predicted octanol–water partition coefficient (Wildman–Crippen LogP) is 3.22. The van der Waals surface area contributed by atoms with Crippen molar-refractivity contribution in [3.05, 3.63) is 33.8 Å². The molecule has 1 aromatic rings. The quantitative estimate of drug-likeness (QED) is 0.565. The molecule has 5 nitrogen and oxygen atoms in total. The summed E-state index contributed by atoms with van der Waals surface area (Å²) in [5, 5.41) is 0.599. The third-order valence-electron chi connectivity index (χ3n) is 5.72. The van der Waals surface area contributed by atoms with Crippen molar-refractivity contribution in [1.82, 2.24) is 0 Å². The molecule has 3 aliphatic rings. The number of hydrogen-bond acceptors (Lipinski definition) is 5. The summed E-state index contributed by atoms with van der Waals surface area (Å²) in [5.74, 6) is -2.05. The number of benzene rings is 1. The van der Waals surface area contributed by atoms with Gasteiger partial charge < -0.3 is 14.2 Å². The summed E-state index contributed by atoms with van der Waals surface area (Å²) in [6.45, 7) is 4.89. The third-order valence-corrected chi connectivity index (χ3v) is 5.94. The summed E-state index contributed by atoms with van der Waals surface area (Å²) in [7, 11) is 0. The molecule has 1 atom stereocenters. The second-order valence-electron chi connectivity index (χ2n) is 7.27. The summed E-state index contributed by atoms with van der Waals surface area (Å²) in [4.78, 5) is 25.8. The average molecular weight is 365 g/mol. The highest BCUT2D eigenvalue weighted by molar-refractivity contribution is 6.30. The van der Waals surface area contributed by atoms with E-state index < -0.39 is 23.3 Å². The van der Waals surface area contributed by atoms with Gasteiger partial charge >= 0.3 is 5.97 Å². The topological polar surface area (TPSA) is 61.8 Å². The van der Waals surface area contributed by atoms with Crippen LogP contribution in [0.4, 0.5) is 0 Å². The number of ether oxygens (including phenoxy) is 3. The molecule has 2 heterocycles. The van der Waals surface area contributed by atoms with Crippen LogP contribution in [0.25, 0.3) is 0 Å². The largest absolute Gasteiger partial charge is 0.450 e. The van der Waals surface area contributed by atoms with E-state index in [-0.39, 0.29) is 5.78 Å². The summed E-state index contributed by atoms with van der Waals surface area (Å²) < 4.78 is 17.1. The number of ketones is 1. The highest BCUT2D eigenvalue weighted by atomic mass is 35.5. The van der Waals surface area contributed by atoms with Crippen LogP contribution in [0.2, 0.25) is 5.02 Å². The van der Waals surface area contributed by atoms with Gasteiger partial charge in [-0.25, -0.2) is 0 Å². The summed E-state index contributed by atoms with van der Waals surface area (Å²) in [6.07, 6.45) is 2.02. The molecular weight excluding hydrogens is 344 g/mol. The van der Waals surface area contributed by atoms with Crippen molar-refractivity contribution in [2.24, 2.45) is 0 Å². The van der Waals surface area contributed by atoms with Gasteiger partial charge in [0.15, 0.2) is 17.2 Å². The molecule has 1 aromatic carbocycles. The number of aryl methyl sites for hydroxylation is 2. The van der Waals surface area contributed by atoms with Gasteiger partial charge in [-0.1, -0.05) is 11.6 Å². The third kappa shape index (κ3) is 2.60. The molecule has 0 N–H and O–H groups in total. The molecular formula is C19H21ClO5. The fraction of sp³-hybridized carbons (Fsp3) is 0.579. The van der Waals surface area contributed by atoms with E-state index in [0.717, 1.165) is 16.7 Å². The van der Waals surface area contributed by atoms with Crippen molar-refractivity contribution in [2.45, 2.75) is 56.8 Å². The molecule has 0 amide bonds. The van der Waals surface area contributed by atoms with Gasteiger partial charge in [0.05, 0.1) is 13.2 Å². The average Bonchev–Trinajstić information content (AvgIpc) is 3.09. The van der Waals surface area contributed by atoms with Crippen molar-refractivity contribution >= 4 is 23.4 Å². The Labute approximate surface area is 151 Å². The number of halogens is 1. The highest BCUT2D eigenvalue weighted by Crippen LogP contribution is 2.48. The first-order chi connectivity index (χ1) is 11.9. The maximum atomic E-state index is 13.2. The Morgan fingerprint density at radius 1 is 1.00 bits per heavy atom. The maximum Gasteiger partial charge on any atom is 0.322 e. The molecule has 1 saturated carbocycles. The number of carbonyl (C=O) groups is 2. The van der Waals surface area contributed by atoms with Crippen LogP contribution in [0.1, 0.15) is 48.3 Å². The minimum absolute atomic E-state index is 0.140. The molecule has 0 radical (unpaired) electrons. The number of esters is 1. The molecule has 25 heavy (non-hydrogen) atoms. The van der Waals surface area contributed by atoms with Crippen LogP contribution >= 0.6 is 11.6 Å². The summed E-state index contributed by atoms with van der Waals surface area (Å²) in [6, 6.07) is 3.57. The van der Waals surface area contributed by atoms with E-state index >= 15 is 0 Å². The van der Waals surface area contributed by atoms with Crippen molar-refractivity contribution in [1.29, 1.82) is 0 Å². The lowest BCUT2D eigenvalue weighted by molar-refractivity contribution is -0.204. The lowest BCUT2D eigenvalue weighted by Gasteiger charge is -2.39. The Morgan fingerprint density at radius 3 is 2.12 bits per heavy atom. The fourth-order valence-electron chi connectivity index (χ4n) is 4.47. The molecule has 1 unspecified atom stereocenters. The predicted molar refractivity (Wildman–Crippen MR) is 90.6 cm³/mol. The Morgan fingerprint density at radius 2 is 1.56 bits per heavy atom. The molecule has 1 aliphatic carbocycles. The Kier molecular flexibility index (Phi) is 3.94. The number of hydrogen-bond donors (Lipinski definition) is 0. The van der Waals surface area contributed by atoms with Crippen molar-refractivity contribution in [2.75, 3.05) is 13.2 Å². The van der Waals surface area contributed by atoms with Crippen LogP contribution in [0.5, 0.6) is 0 Å². The number of carbonyl (C=O) groups excluding carboxylic acids is 2. The Balaban J connectivity index is 1.63. The molecule has 0 aromatic heterocycles. The van der Waals surface area contributed by atoms with E-state index in [9.17, 15) is 9.59 Å². The molecule has 134 valence electrons. The molecule has 3 fully saturated rings. The highest BCUT2D eigenvalue weighted by Gasteiger charge is 2.60. The number of Topliss-reactive ketones (excluding diaryl/α,β-unsaturated/α-hetero) is 1. The van der Waals surface area contributed by atoms with E-state index in [2.05, 4.69) is 0 Å². The van der Waals surface area contributed by atoms with Crippen LogP contribution in [-0.4, -0.2) is 36.4 Å². The SMILES string of the molecule is Cc1cc(Cl)cc(C)c1C1C(=O)OC2(CCC3(CC2)OCCO3)C1=O. The molecule has 4 rings (SSSR count). The lowest BCUT2D eigenvalue weighted by atomic mass is 9.75. The molecule has 2 aliphatic heterocycles. The monoisotopic (exact) mass is 364 g/mol. The normalized spacial score (nSPS) is 27.2. The molecule has 2 saturated heterocycles. The minimum atomic E-state index is -1.04. The van der Waals surface area contributed by atoms with Gasteiger partial charge in [-0.05, 0) is 55.5 Å². The summed E-state index contributed by atoms with van der Waals surface area (Å²) in [5.41, 5.74) is 1.37. The maximum absolute atomic E-state index is 13.2. The van der Waals surface area contributed by atoms with Crippen LogP contribution in [0, 0.1) is 13.8 Å². The van der Waals surface area contributed by atoms with Gasteiger partial charge in [-0.2, -0.15) is 0 Å². The van der Waals surface area contributed by atoms with Crippen LogP contribution in [0.15, 0.2) is 12.1 Å². The summed E-state index contributed by atoms with van der Waals surface area (Å²) >= 11 is 6.08. The van der Waals surface area contributed by atoms with E-state index in [1.807, 2.05) is 13.8 Å². The van der Waals surface area contributed by atoms with E-state index in [1.165, 1.54) is 0 Å². The van der Waals surface area contributed by atoms with Gasteiger partial charge in [0.25, 0.3) is 0 Å². The van der Waals surface area contributed by atoms with Gasteiger partial charge in [-0.3, -0.25) is 9.59 Å². The van der Waals surface area contributed by atoms with Crippen LogP contribution in [0.3, 0.4) is 0 Å². The zero-order valence-corrected chi connectivity index (χ0v) is 15.1. The van der Waals surface area contributed by atoms with Crippen molar-refractivity contribution < 1.29 is 23.8 Å². The zero-order chi connectivity index (χ0) is 17.8. The zero-order valence-electron chi connectivity index (χ0n) is 14.4. The van der Waals surface area contributed by atoms with Crippen LogP contribution < -0.4 is 0 Å². The molecule has 2 spiro atoms. The van der Waals surface area contributed by atoms with Crippen molar-refractivity contribution in [3.63, 3.8) is 0 Å². The minimum Gasteiger partial charge on any atom is -0.450 e. The van der Waals surface area contributed by atoms with E-state index in [4.69, 9.17) is 25.8 Å². The first-order valence-corrected chi connectivity index (χ1v) is 9.05. The van der Waals surface area contributed by atoms with E-state index in [0.29, 0.717) is 43.9 Å². The number of rotatable bonds is 1. The first-order valence-electron chi connectivity index (χ1n) is 8.68. The molecule has 0 bridgehead atoms.